The fraction of sp³-hybridized carbons (Fsp3) is 0.263. The Morgan fingerprint density at radius 2 is 2.12 bits per heavy atom. The molecule has 1 aliphatic rings. The Hall–Kier alpha value is -2.57. The number of nitrogens with zero attached hydrogens (tertiary/aromatic N) is 2. The summed E-state index contributed by atoms with van der Waals surface area (Å²) in [5.74, 6) is 0.564. The fourth-order valence-electron chi connectivity index (χ4n) is 3.40. The van der Waals surface area contributed by atoms with Gasteiger partial charge in [-0.3, -0.25) is 9.89 Å². The Bertz CT molecular complexity index is 903. The first kappa shape index (κ1) is 16.9. The third kappa shape index (κ3) is 2.81. The van der Waals surface area contributed by atoms with Gasteiger partial charge in [-0.25, -0.2) is 0 Å². The minimum atomic E-state index is -0.245. The van der Waals surface area contributed by atoms with Crippen LogP contribution < -0.4 is 0 Å². The van der Waals surface area contributed by atoms with Crippen LogP contribution in [0.2, 0.25) is 5.02 Å². The van der Waals surface area contributed by atoms with E-state index in [1.807, 2.05) is 41.3 Å². The highest BCUT2D eigenvalue weighted by atomic mass is 35.5. The standard InChI is InChI=1S/C19H18ClN3O3/c1-25-10-3-9-23-18(12-5-7-13(20)8-6-12)15-16(14-4-2-11-26-14)21-22-17(15)19(23)24/h2,4-8,11,18H,3,9-10H2,1H3,(H,21,22). The van der Waals surface area contributed by atoms with Gasteiger partial charge < -0.3 is 14.1 Å². The van der Waals surface area contributed by atoms with Crippen LogP contribution >= 0.6 is 11.6 Å². The number of benzene rings is 1. The average molecular weight is 372 g/mol. The van der Waals surface area contributed by atoms with Crippen LogP contribution in [0.1, 0.15) is 34.1 Å². The molecule has 1 aromatic carbocycles. The van der Waals surface area contributed by atoms with Crippen molar-refractivity contribution in [2.24, 2.45) is 0 Å². The van der Waals surface area contributed by atoms with E-state index in [4.69, 9.17) is 20.8 Å². The van der Waals surface area contributed by atoms with Crippen LogP contribution in [0.5, 0.6) is 0 Å². The Labute approximate surface area is 155 Å². The molecule has 0 spiro atoms. The zero-order valence-corrected chi connectivity index (χ0v) is 15.0. The topological polar surface area (TPSA) is 71.4 Å². The van der Waals surface area contributed by atoms with E-state index in [0.29, 0.717) is 29.6 Å². The van der Waals surface area contributed by atoms with Crippen molar-refractivity contribution in [1.82, 2.24) is 15.1 Å². The van der Waals surface area contributed by atoms with Crippen molar-refractivity contribution in [3.05, 3.63) is 64.5 Å². The van der Waals surface area contributed by atoms with Gasteiger partial charge in [0.2, 0.25) is 0 Å². The van der Waals surface area contributed by atoms with Crippen LogP contribution in [0.3, 0.4) is 0 Å². The van der Waals surface area contributed by atoms with Gasteiger partial charge >= 0.3 is 0 Å². The van der Waals surface area contributed by atoms with Gasteiger partial charge in [0.05, 0.1) is 12.3 Å². The van der Waals surface area contributed by atoms with E-state index in [-0.39, 0.29) is 11.9 Å². The third-order valence-electron chi connectivity index (χ3n) is 4.55. The highest BCUT2D eigenvalue weighted by molar-refractivity contribution is 6.30. The van der Waals surface area contributed by atoms with Gasteiger partial charge in [0, 0.05) is 30.8 Å². The molecule has 6 nitrogen and oxygen atoms in total. The van der Waals surface area contributed by atoms with E-state index in [9.17, 15) is 4.79 Å². The second kappa shape index (κ2) is 6.97. The number of nitrogens with one attached hydrogen (secondary N) is 1. The second-order valence-electron chi connectivity index (χ2n) is 6.14. The van der Waals surface area contributed by atoms with E-state index < -0.39 is 0 Å². The lowest BCUT2D eigenvalue weighted by Crippen LogP contribution is -2.31. The Kier molecular flexibility index (Phi) is 4.53. The number of aromatic amines is 1. The number of methoxy groups -OCH3 is 1. The van der Waals surface area contributed by atoms with Gasteiger partial charge in [-0.05, 0) is 36.2 Å². The van der Waals surface area contributed by atoms with E-state index in [1.54, 1.807) is 13.4 Å². The lowest BCUT2D eigenvalue weighted by Gasteiger charge is -2.26. The van der Waals surface area contributed by atoms with Crippen molar-refractivity contribution >= 4 is 17.5 Å². The summed E-state index contributed by atoms with van der Waals surface area (Å²) in [6, 6.07) is 11.0. The molecule has 0 aliphatic carbocycles. The van der Waals surface area contributed by atoms with Crippen LogP contribution in [-0.2, 0) is 4.74 Å². The molecule has 134 valence electrons. The molecule has 3 aromatic rings. The van der Waals surface area contributed by atoms with Crippen LogP contribution in [0, 0.1) is 0 Å². The molecule has 1 atom stereocenters. The number of rotatable bonds is 6. The Balaban J connectivity index is 1.80. The maximum atomic E-state index is 13.0. The smallest absolute Gasteiger partial charge is 0.275 e. The van der Waals surface area contributed by atoms with Crippen molar-refractivity contribution in [3.8, 4) is 11.5 Å². The van der Waals surface area contributed by atoms with Crippen molar-refractivity contribution in [3.63, 3.8) is 0 Å². The van der Waals surface area contributed by atoms with Gasteiger partial charge in [-0.2, -0.15) is 5.10 Å². The molecule has 0 fully saturated rings. The molecule has 0 saturated carbocycles. The number of carbonyl (C=O) groups excluding carboxylic acids is 1. The quantitative estimate of drug-likeness (QED) is 0.667. The number of fused-ring (bicyclic) bond motifs is 1. The minimum Gasteiger partial charge on any atom is -0.463 e. The Morgan fingerprint density at radius 3 is 2.81 bits per heavy atom. The zero-order valence-electron chi connectivity index (χ0n) is 14.2. The van der Waals surface area contributed by atoms with Gasteiger partial charge in [0.1, 0.15) is 5.69 Å². The van der Waals surface area contributed by atoms with E-state index in [0.717, 1.165) is 23.2 Å². The van der Waals surface area contributed by atoms with Crippen LogP contribution in [0.25, 0.3) is 11.5 Å². The summed E-state index contributed by atoms with van der Waals surface area (Å²) in [5, 5.41) is 7.89. The number of amides is 1. The highest BCUT2D eigenvalue weighted by Gasteiger charge is 2.42. The van der Waals surface area contributed by atoms with Crippen molar-refractivity contribution in [2.45, 2.75) is 12.5 Å². The average Bonchev–Trinajstić information content (AvgIpc) is 3.35. The predicted octanol–water partition coefficient (Wildman–Crippen LogP) is 3.90. The first-order valence-corrected chi connectivity index (χ1v) is 8.76. The molecule has 7 heteroatoms. The van der Waals surface area contributed by atoms with Crippen LogP contribution in [-0.4, -0.2) is 41.3 Å². The molecule has 1 amide bonds. The van der Waals surface area contributed by atoms with Crippen LogP contribution in [0.4, 0.5) is 0 Å². The summed E-state index contributed by atoms with van der Waals surface area (Å²) < 4.78 is 10.7. The number of hydrogen-bond acceptors (Lipinski definition) is 4. The highest BCUT2D eigenvalue weighted by Crippen LogP contribution is 2.42. The molecule has 0 bridgehead atoms. The summed E-state index contributed by atoms with van der Waals surface area (Å²) in [7, 11) is 1.66. The molecule has 1 N–H and O–H groups in total. The normalized spacial score (nSPS) is 16.3. The van der Waals surface area contributed by atoms with Crippen molar-refractivity contribution < 1.29 is 13.9 Å². The Morgan fingerprint density at radius 1 is 1.31 bits per heavy atom. The fourth-order valence-corrected chi connectivity index (χ4v) is 3.53. The van der Waals surface area contributed by atoms with E-state index in [1.165, 1.54) is 0 Å². The van der Waals surface area contributed by atoms with Gasteiger partial charge in [-0.1, -0.05) is 23.7 Å². The molecular formula is C19H18ClN3O3. The summed E-state index contributed by atoms with van der Waals surface area (Å²) in [4.78, 5) is 14.8. The SMILES string of the molecule is COCCCN1C(=O)c2n[nH]c(-c3ccco3)c2C1c1ccc(Cl)cc1. The molecule has 0 saturated heterocycles. The maximum absolute atomic E-state index is 13.0. The monoisotopic (exact) mass is 371 g/mol. The molecule has 4 rings (SSSR count). The molecule has 3 heterocycles. The molecule has 1 unspecified atom stereocenters. The number of halogens is 1. The zero-order chi connectivity index (χ0) is 18.1. The summed E-state index contributed by atoms with van der Waals surface area (Å²) >= 11 is 6.05. The van der Waals surface area contributed by atoms with Crippen LogP contribution in [0.15, 0.2) is 47.1 Å². The van der Waals surface area contributed by atoms with Crippen molar-refractivity contribution in [2.75, 3.05) is 20.3 Å². The number of furan rings is 1. The summed E-state index contributed by atoms with van der Waals surface area (Å²) in [6.45, 7) is 1.17. The molecule has 0 radical (unpaired) electrons. The minimum absolute atomic E-state index is 0.0925. The molecule has 26 heavy (non-hydrogen) atoms. The number of hydrogen-bond donors (Lipinski definition) is 1. The third-order valence-corrected chi connectivity index (χ3v) is 4.81. The predicted molar refractivity (Wildman–Crippen MR) is 97.1 cm³/mol. The number of ether oxygens (including phenoxy) is 1. The number of carbonyl (C=O) groups is 1. The first-order valence-electron chi connectivity index (χ1n) is 8.38. The number of aromatic nitrogens is 2. The van der Waals surface area contributed by atoms with E-state index >= 15 is 0 Å². The van der Waals surface area contributed by atoms with Crippen molar-refractivity contribution in [1.29, 1.82) is 0 Å². The van der Waals surface area contributed by atoms with Gasteiger partial charge in [0.15, 0.2) is 11.5 Å². The van der Waals surface area contributed by atoms with Gasteiger partial charge in [-0.15, -0.1) is 0 Å². The molecule has 1 aliphatic heterocycles. The molecule has 2 aromatic heterocycles. The maximum Gasteiger partial charge on any atom is 0.275 e. The van der Waals surface area contributed by atoms with E-state index in [2.05, 4.69) is 10.2 Å². The number of H-pyrrole nitrogens is 1. The molecular weight excluding hydrogens is 354 g/mol. The first-order chi connectivity index (χ1) is 12.7. The lowest BCUT2D eigenvalue weighted by molar-refractivity contribution is 0.0723. The largest absolute Gasteiger partial charge is 0.463 e. The summed E-state index contributed by atoms with van der Waals surface area (Å²) in [5.41, 5.74) is 2.99. The van der Waals surface area contributed by atoms with Gasteiger partial charge in [0.25, 0.3) is 5.91 Å². The second-order valence-corrected chi connectivity index (χ2v) is 6.57. The summed E-state index contributed by atoms with van der Waals surface area (Å²) in [6.07, 6.45) is 2.35. The lowest BCUT2D eigenvalue weighted by atomic mass is 9.98.